The van der Waals surface area contributed by atoms with Crippen LogP contribution < -0.4 is 16.4 Å². The number of amides is 2. The molecule has 1 aliphatic rings. The number of anilines is 1. The number of nitrogens with zero attached hydrogens (tertiary/aromatic N) is 4. The molecule has 3 unspecified atom stereocenters. The van der Waals surface area contributed by atoms with Gasteiger partial charge in [-0.05, 0) is 57.1 Å². The van der Waals surface area contributed by atoms with Crippen LogP contribution in [-0.2, 0) is 45.9 Å². The third-order valence-corrected chi connectivity index (χ3v) is 14.2. The van der Waals surface area contributed by atoms with E-state index < -0.39 is 78.6 Å². The van der Waals surface area contributed by atoms with Gasteiger partial charge in [0.2, 0.25) is 11.8 Å². The molecule has 2 aromatic rings. The Labute approximate surface area is 400 Å². The number of phosphoric ester groups is 3. The summed E-state index contributed by atoms with van der Waals surface area (Å²) in [6.07, 6.45) is 21.9. The summed E-state index contributed by atoms with van der Waals surface area (Å²) in [6.45, 7) is 3.12. The number of aromatic nitrogens is 4. The van der Waals surface area contributed by atoms with Crippen LogP contribution in [0.3, 0.4) is 0 Å². The van der Waals surface area contributed by atoms with E-state index in [0.29, 0.717) is 6.54 Å². The normalized spacial score (nSPS) is 20.5. The molecule has 0 radical (unpaired) electrons. The molecule has 2 amide bonds. The minimum absolute atomic E-state index is 0.0348. The number of phosphoric acid groups is 3. The zero-order valence-electron chi connectivity index (χ0n) is 38.6. The van der Waals surface area contributed by atoms with Gasteiger partial charge in [-0.3, -0.25) is 27.7 Å². The average Bonchev–Trinajstić information content (AvgIpc) is 3.83. The van der Waals surface area contributed by atoms with Crippen LogP contribution in [0.1, 0.15) is 97.6 Å². The number of nitrogen functional groups attached to an aromatic ring is 1. The lowest BCUT2D eigenvalue weighted by Gasteiger charge is -2.30. The first-order chi connectivity index (χ1) is 32.2. The van der Waals surface area contributed by atoms with Crippen molar-refractivity contribution in [2.45, 2.75) is 122 Å². The molecule has 0 spiro atoms. The summed E-state index contributed by atoms with van der Waals surface area (Å²) in [4.78, 5) is 76.2. The predicted molar refractivity (Wildman–Crippen MR) is 255 cm³/mol. The van der Waals surface area contributed by atoms with E-state index in [1.165, 1.54) is 39.5 Å². The number of carbonyl (C=O) groups excluding carboxylic acids is 2. The van der Waals surface area contributed by atoms with Gasteiger partial charge < -0.3 is 50.9 Å². The maximum atomic E-state index is 12.7. The number of fused-ring (bicyclic) bond motifs is 1. The maximum absolute atomic E-state index is 12.7. The molecule has 7 atom stereocenters. The molecule has 68 heavy (non-hydrogen) atoms. The summed E-state index contributed by atoms with van der Waals surface area (Å²) in [5.74, 6) is 0.405. The van der Waals surface area contributed by atoms with Gasteiger partial charge in [0, 0.05) is 30.7 Å². The van der Waals surface area contributed by atoms with Crippen molar-refractivity contribution in [1.29, 1.82) is 0 Å². The maximum Gasteiger partial charge on any atom is 0.481 e. The van der Waals surface area contributed by atoms with Crippen molar-refractivity contribution in [3.63, 3.8) is 0 Å². The van der Waals surface area contributed by atoms with Crippen LogP contribution in [0, 0.1) is 5.41 Å². The fourth-order valence-corrected chi connectivity index (χ4v) is 10.0. The molecular formula is C41H68N7O16P3S. The van der Waals surface area contributed by atoms with Gasteiger partial charge in [-0.25, -0.2) is 28.6 Å². The first kappa shape index (κ1) is 59.2. The summed E-state index contributed by atoms with van der Waals surface area (Å²) in [5.41, 5.74) is 4.33. The molecule has 23 nitrogen and oxygen atoms in total. The van der Waals surface area contributed by atoms with Gasteiger partial charge >= 0.3 is 23.5 Å². The number of imidazole rings is 1. The standard InChI is InChI=1S/C41H68N7O16P3S/c1-4-5-6-7-8-9-10-11-12-13-14-15-16-17-18-19-20-21-25-68-26-24-43-32(49)22-23-44-39(52)36(51)41(2,3)28-61-67(58,59)64-66(56,57)60-27-31-35(63-65(53,54)55)34(50)40(62-31)48-30-47-33-37(42)45-29-46-38(33)48/h8-9,11-12,14-15,17-18,29-31,34-36,40,50-51H,4-7,10,13,16,19-28H2,1-3H3,(H,43,49)(H,44,52)(H,56,57)(H,58,59)(H2,42,45,46)(H2,53,54,55)/b9-8-,12-11-,15-14-,18-17-/t31-,34-,35-,36?,40-/m1/s1. The molecular weight excluding hydrogens is 971 g/mol. The van der Waals surface area contributed by atoms with Crippen LogP contribution in [-0.4, -0.2) is 123 Å². The summed E-state index contributed by atoms with van der Waals surface area (Å²) < 4.78 is 62.5. The minimum atomic E-state index is -5.56. The second-order valence-corrected chi connectivity index (χ2v) is 21.7. The third-order valence-electron chi connectivity index (χ3n) is 10.0. The van der Waals surface area contributed by atoms with Gasteiger partial charge in [0.15, 0.2) is 17.7 Å². The number of aliphatic hydroxyl groups is 2. The van der Waals surface area contributed by atoms with Crippen LogP contribution >= 0.6 is 35.2 Å². The lowest BCUT2D eigenvalue weighted by molar-refractivity contribution is -0.137. The molecule has 3 heterocycles. The average molecular weight is 1040 g/mol. The number of unbranched alkanes of at least 4 members (excludes halogenated alkanes) is 5. The molecule has 0 saturated carbocycles. The number of carbonyl (C=O) groups is 2. The zero-order valence-corrected chi connectivity index (χ0v) is 42.1. The third kappa shape index (κ3) is 22.3. The molecule has 1 aliphatic heterocycles. The quantitative estimate of drug-likeness (QED) is 0.0244. The van der Waals surface area contributed by atoms with Crippen LogP contribution in [0.5, 0.6) is 0 Å². The molecule has 0 bridgehead atoms. The van der Waals surface area contributed by atoms with Gasteiger partial charge in [0.05, 0.1) is 19.5 Å². The second-order valence-electron chi connectivity index (χ2n) is 16.3. The predicted octanol–water partition coefficient (Wildman–Crippen LogP) is 5.28. The Morgan fingerprint density at radius 3 is 2.13 bits per heavy atom. The van der Waals surface area contributed by atoms with E-state index in [4.69, 9.17) is 19.5 Å². The first-order valence-corrected chi connectivity index (χ1v) is 27.9. The van der Waals surface area contributed by atoms with E-state index >= 15 is 0 Å². The summed E-state index contributed by atoms with van der Waals surface area (Å²) in [5, 5.41) is 26.8. The molecule has 1 fully saturated rings. The van der Waals surface area contributed by atoms with Gasteiger partial charge in [-0.1, -0.05) is 82.2 Å². The summed E-state index contributed by atoms with van der Waals surface area (Å²) in [6, 6.07) is 0. The molecule has 3 rings (SSSR count). The Morgan fingerprint density at radius 1 is 0.882 bits per heavy atom. The first-order valence-electron chi connectivity index (χ1n) is 22.2. The van der Waals surface area contributed by atoms with E-state index in [-0.39, 0.29) is 35.9 Å². The number of hydrogen-bond acceptors (Lipinski definition) is 17. The van der Waals surface area contributed by atoms with Crippen molar-refractivity contribution in [1.82, 2.24) is 30.2 Å². The Kier molecular flexibility index (Phi) is 26.0. The molecule has 384 valence electrons. The molecule has 10 N–H and O–H groups in total. The van der Waals surface area contributed by atoms with Crippen molar-refractivity contribution in [2.24, 2.45) is 5.41 Å². The highest BCUT2D eigenvalue weighted by Crippen LogP contribution is 2.61. The highest BCUT2D eigenvalue weighted by Gasteiger charge is 2.50. The summed E-state index contributed by atoms with van der Waals surface area (Å²) in [7, 11) is -16.4. The number of thioether (sulfide) groups is 1. The molecule has 2 aromatic heterocycles. The molecule has 0 aromatic carbocycles. The number of hydrogen-bond donors (Lipinski definition) is 9. The monoisotopic (exact) mass is 1040 g/mol. The Morgan fingerprint density at radius 2 is 1.50 bits per heavy atom. The Hall–Kier alpha value is -3.15. The van der Waals surface area contributed by atoms with Crippen molar-refractivity contribution in [2.75, 3.05) is 43.5 Å². The van der Waals surface area contributed by atoms with E-state index in [1.54, 1.807) is 11.8 Å². The van der Waals surface area contributed by atoms with Gasteiger partial charge in [-0.15, -0.1) is 0 Å². The van der Waals surface area contributed by atoms with Crippen molar-refractivity contribution in [3.8, 4) is 0 Å². The van der Waals surface area contributed by atoms with Crippen LogP contribution in [0.15, 0.2) is 61.3 Å². The lowest BCUT2D eigenvalue weighted by atomic mass is 9.87. The fourth-order valence-electron chi connectivity index (χ4n) is 6.33. The second kappa shape index (κ2) is 29.9. The topological polar surface area (TPSA) is 347 Å². The van der Waals surface area contributed by atoms with E-state index in [9.17, 15) is 53.1 Å². The molecule has 0 aliphatic carbocycles. The van der Waals surface area contributed by atoms with E-state index in [2.05, 4.69) is 90.0 Å². The Bertz CT molecular complexity index is 2140. The van der Waals surface area contributed by atoms with Gasteiger partial charge in [0.1, 0.15) is 36.3 Å². The van der Waals surface area contributed by atoms with Crippen molar-refractivity contribution >= 4 is 64.0 Å². The highest BCUT2D eigenvalue weighted by atomic mass is 32.2. The number of rotatable bonds is 34. The van der Waals surface area contributed by atoms with Crippen LogP contribution in [0.2, 0.25) is 0 Å². The molecule has 1 saturated heterocycles. The Balaban J connectivity index is 1.29. The smallest absolute Gasteiger partial charge is 0.386 e. The van der Waals surface area contributed by atoms with Gasteiger partial charge in [0.25, 0.3) is 0 Å². The number of ether oxygens (including phenoxy) is 1. The molecule has 27 heteroatoms. The minimum Gasteiger partial charge on any atom is -0.386 e. The van der Waals surface area contributed by atoms with Crippen LogP contribution in [0.25, 0.3) is 11.2 Å². The highest BCUT2D eigenvalue weighted by molar-refractivity contribution is 7.99. The zero-order chi connectivity index (χ0) is 50.2. The van der Waals surface area contributed by atoms with E-state index in [1.807, 2.05) is 0 Å². The number of nitrogens with one attached hydrogen (secondary N) is 2. The fraction of sp³-hybridized carbons (Fsp3) is 0.634. The van der Waals surface area contributed by atoms with Gasteiger partial charge in [-0.2, -0.15) is 16.1 Å². The summed E-state index contributed by atoms with van der Waals surface area (Å²) >= 11 is 1.73. The SMILES string of the molecule is CCCCC/C=C\C/C=C\C/C=C\C/C=C\CCCCSCCNC(=O)CCNC(=O)C(O)C(C)(C)COP(=O)(O)OP(=O)(O)OC[C@H]1O[C@@H](n2cnc3c(N)ncnc32)[C@H](O)[C@@H]1OP(=O)(O)O. The number of nitrogens with two attached hydrogens (primary N) is 1. The number of allylic oxidation sites excluding steroid dienone is 8. The van der Waals surface area contributed by atoms with Crippen molar-refractivity contribution in [3.05, 3.63) is 61.3 Å². The largest absolute Gasteiger partial charge is 0.481 e. The lowest BCUT2D eigenvalue weighted by Crippen LogP contribution is -2.46. The van der Waals surface area contributed by atoms with Crippen LogP contribution in [0.4, 0.5) is 5.82 Å². The van der Waals surface area contributed by atoms with E-state index in [0.717, 1.165) is 67.3 Å². The van der Waals surface area contributed by atoms with Crippen molar-refractivity contribution < 1.29 is 75.7 Å². The number of aliphatic hydroxyl groups excluding tert-OH is 2.